The number of carbonyl (C=O) groups is 1. The predicted octanol–water partition coefficient (Wildman–Crippen LogP) is 1.29. The molecule has 0 aliphatic carbocycles. The zero-order valence-electron chi connectivity index (χ0n) is 12.7. The molecule has 7 nitrogen and oxygen atoms in total. The van der Waals surface area contributed by atoms with Gasteiger partial charge in [-0.2, -0.15) is 8.75 Å². The lowest BCUT2D eigenvalue weighted by molar-refractivity contribution is 0.0952. The zero-order valence-corrected chi connectivity index (χ0v) is 13.6. The highest BCUT2D eigenvalue weighted by Gasteiger charge is 2.08. The number of nitrogens with zero attached hydrogens (tertiary/aromatic N) is 4. The molecule has 23 heavy (non-hydrogen) atoms. The van der Waals surface area contributed by atoms with Crippen LogP contribution in [-0.4, -0.2) is 30.8 Å². The molecule has 3 aromatic rings. The van der Waals surface area contributed by atoms with Crippen LogP contribution in [0.1, 0.15) is 21.6 Å². The number of hydrogen-bond donors (Lipinski definition) is 1. The van der Waals surface area contributed by atoms with Gasteiger partial charge in [0, 0.05) is 29.9 Å². The van der Waals surface area contributed by atoms with Crippen molar-refractivity contribution in [2.75, 3.05) is 6.54 Å². The van der Waals surface area contributed by atoms with E-state index < -0.39 is 0 Å². The van der Waals surface area contributed by atoms with E-state index in [4.69, 9.17) is 0 Å². The van der Waals surface area contributed by atoms with Gasteiger partial charge in [0.25, 0.3) is 11.5 Å². The van der Waals surface area contributed by atoms with Crippen LogP contribution in [0.3, 0.4) is 0 Å². The SMILES string of the molecule is Cc1ncn(CCNC(=O)c2ccc3nsnc3c2)c(=O)c1C. The molecular formula is C15H15N5O2S. The Hall–Kier alpha value is -2.61. The average molecular weight is 329 g/mol. The molecule has 118 valence electrons. The molecule has 1 aromatic carbocycles. The minimum atomic E-state index is -0.204. The first-order valence-electron chi connectivity index (χ1n) is 7.09. The van der Waals surface area contributed by atoms with Gasteiger partial charge in [0.2, 0.25) is 0 Å². The van der Waals surface area contributed by atoms with Crippen molar-refractivity contribution >= 4 is 28.7 Å². The van der Waals surface area contributed by atoms with Crippen LogP contribution in [0.25, 0.3) is 11.0 Å². The first-order valence-corrected chi connectivity index (χ1v) is 7.82. The van der Waals surface area contributed by atoms with Crippen LogP contribution in [0, 0.1) is 13.8 Å². The quantitative estimate of drug-likeness (QED) is 0.779. The van der Waals surface area contributed by atoms with Crippen LogP contribution in [0.15, 0.2) is 29.3 Å². The standard InChI is InChI=1S/C15H15N5O2S/c1-9-10(2)17-8-20(15(9)22)6-5-16-14(21)11-3-4-12-13(7-11)19-23-18-12/h3-4,7-8H,5-6H2,1-2H3,(H,16,21). The summed E-state index contributed by atoms with van der Waals surface area (Å²) >= 11 is 1.12. The highest BCUT2D eigenvalue weighted by molar-refractivity contribution is 7.00. The third kappa shape index (κ3) is 3.11. The molecule has 0 aliphatic rings. The molecule has 0 fully saturated rings. The van der Waals surface area contributed by atoms with Crippen molar-refractivity contribution < 1.29 is 4.79 Å². The van der Waals surface area contributed by atoms with Gasteiger partial charge in [0.1, 0.15) is 11.0 Å². The summed E-state index contributed by atoms with van der Waals surface area (Å²) in [5.74, 6) is -0.204. The summed E-state index contributed by atoms with van der Waals surface area (Å²) in [6.07, 6.45) is 1.50. The molecule has 2 heterocycles. The van der Waals surface area contributed by atoms with Gasteiger partial charge in [-0.05, 0) is 32.0 Å². The van der Waals surface area contributed by atoms with Crippen molar-refractivity contribution in [3.8, 4) is 0 Å². The number of nitrogens with one attached hydrogen (secondary N) is 1. The van der Waals surface area contributed by atoms with Gasteiger partial charge >= 0.3 is 0 Å². The number of fused-ring (bicyclic) bond motifs is 1. The smallest absolute Gasteiger partial charge is 0.256 e. The molecule has 0 radical (unpaired) electrons. The minimum absolute atomic E-state index is 0.0817. The summed E-state index contributed by atoms with van der Waals surface area (Å²) in [4.78, 5) is 28.4. The molecule has 0 aliphatic heterocycles. The third-order valence-corrected chi connectivity index (χ3v) is 4.23. The number of benzene rings is 1. The maximum atomic E-state index is 12.1. The zero-order chi connectivity index (χ0) is 16.4. The van der Waals surface area contributed by atoms with Crippen LogP contribution in [0.2, 0.25) is 0 Å². The normalized spacial score (nSPS) is 10.9. The second kappa shape index (κ2) is 6.25. The lowest BCUT2D eigenvalue weighted by atomic mass is 10.2. The number of amides is 1. The van der Waals surface area contributed by atoms with Crippen molar-refractivity contribution in [1.29, 1.82) is 0 Å². The van der Waals surface area contributed by atoms with E-state index in [2.05, 4.69) is 19.0 Å². The maximum absolute atomic E-state index is 12.1. The van der Waals surface area contributed by atoms with Crippen molar-refractivity contribution in [3.05, 3.63) is 51.7 Å². The second-order valence-corrected chi connectivity index (χ2v) is 5.71. The fourth-order valence-corrected chi connectivity index (χ4v) is 2.67. The lowest BCUT2D eigenvalue weighted by Crippen LogP contribution is -2.32. The monoisotopic (exact) mass is 329 g/mol. The van der Waals surface area contributed by atoms with Crippen molar-refractivity contribution in [1.82, 2.24) is 23.6 Å². The third-order valence-electron chi connectivity index (χ3n) is 3.67. The van der Waals surface area contributed by atoms with Gasteiger partial charge in [0.05, 0.1) is 18.1 Å². The van der Waals surface area contributed by atoms with Gasteiger partial charge < -0.3 is 5.32 Å². The Labute approximate surface area is 136 Å². The minimum Gasteiger partial charge on any atom is -0.350 e. The van der Waals surface area contributed by atoms with Gasteiger partial charge in [-0.25, -0.2) is 4.98 Å². The number of hydrogen-bond acceptors (Lipinski definition) is 6. The molecule has 2 aromatic heterocycles. The summed E-state index contributed by atoms with van der Waals surface area (Å²) in [6, 6.07) is 5.19. The van der Waals surface area contributed by atoms with Crippen LogP contribution in [0.4, 0.5) is 0 Å². The van der Waals surface area contributed by atoms with E-state index in [-0.39, 0.29) is 11.5 Å². The van der Waals surface area contributed by atoms with Crippen LogP contribution >= 0.6 is 11.7 Å². The van der Waals surface area contributed by atoms with Crippen molar-refractivity contribution in [3.63, 3.8) is 0 Å². The summed E-state index contributed by atoms with van der Waals surface area (Å²) in [6.45, 7) is 4.26. The first kappa shape index (κ1) is 15.3. The first-order chi connectivity index (χ1) is 11.1. The molecule has 0 unspecified atom stereocenters. The van der Waals surface area contributed by atoms with E-state index in [1.165, 1.54) is 10.9 Å². The Kier molecular flexibility index (Phi) is 4.16. The Morgan fingerprint density at radius 2 is 2.04 bits per heavy atom. The molecule has 0 bridgehead atoms. The molecule has 0 saturated heterocycles. The Morgan fingerprint density at radius 1 is 1.26 bits per heavy atom. The lowest BCUT2D eigenvalue weighted by Gasteiger charge is -2.09. The summed E-state index contributed by atoms with van der Waals surface area (Å²) in [7, 11) is 0. The van der Waals surface area contributed by atoms with Crippen LogP contribution in [-0.2, 0) is 6.54 Å². The van der Waals surface area contributed by atoms with E-state index >= 15 is 0 Å². The van der Waals surface area contributed by atoms with Gasteiger partial charge in [-0.15, -0.1) is 0 Å². The van der Waals surface area contributed by atoms with Crippen LogP contribution in [0.5, 0.6) is 0 Å². The van der Waals surface area contributed by atoms with E-state index in [1.54, 1.807) is 32.0 Å². The number of aryl methyl sites for hydroxylation is 1. The number of carbonyl (C=O) groups excluding carboxylic acids is 1. The Morgan fingerprint density at radius 3 is 2.87 bits per heavy atom. The fourth-order valence-electron chi connectivity index (χ4n) is 2.15. The van der Waals surface area contributed by atoms with Crippen LogP contribution < -0.4 is 10.9 Å². The van der Waals surface area contributed by atoms with E-state index in [0.717, 1.165) is 22.9 Å². The molecule has 1 N–H and O–H groups in total. The second-order valence-electron chi connectivity index (χ2n) is 5.18. The van der Waals surface area contributed by atoms with Gasteiger partial charge in [0.15, 0.2) is 0 Å². The summed E-state index contributed by atoms with van der Waals surface area (Å²) < 4.78 is 9.71. The molecule has 0 atom stereocenters. The topological polar surface area (TPSA) is 89.8 Å². The number of rotatable bonds is 4. The summed E-state index contributed by atoms with van der Waals surface area (Å²) in [5.41, 5.74) is 3.27. The Bertz CT molecular complexity index is 931. The van der Waals surface area contributed by atoms with E-state index in [1.807, 2.05) is 0 Å². The molecule has 0 saturated carbocycles. The maximum Gasteiger partial charge on any atom is 0.256 e. The largest absolute Gasteiger partial charge is 0.350 e. The predicted molar refractivity (Wildman–Crippen MR) is 87.7 cm³/mol. The molecular weight excluding hydrogens is 314 g/mol. The fraction of sp³-hybridized carbons (Fsp3) is 0.267. The van der Waals surface area contributed by atoms with E-state index in [9.17, 15) is 9.59 Å². The average Bonchev–Trinajstić information content (AvgIpc) is 3.02. The molecule has 1 amide bonds. The molecule has 3 rings (SSSR count). The Balaban J connectivity index is 1.65. The van der Waals surface area contributed by atoms with E-state index in [0.29, 0.717) is 29.7 Å². The van der Waals surface area contributed by atoms with Gasteiger partial charge in [-0.3, -0.25) is 14.2 Å². The molecule has 8 heteroatoms. The highest BCUT2D eigenvalue weighted by atomic mass is 32.1. The highest BCUT2D eigenvalue weighted by Crippen LogP contribution is 2.13. The van der Waals surface area contributed by atoms with Crippen molar-refractivity contribution in [2.24, 2.45) is 0 Å². The number of aromatic nitrogens is 4. The van der Waals surface area contributed by atoms with Crippen molar-refractivity contribution in [2.45, 2.75) is 20.4 Å². The summed E-state index contributed by atoms with van der Waals surface area (Å²) in [5, 5.41) is 2.79. The van der Waals surface area contributed by atoms with Gasteiger partial charge in [-0.1, -0.05) is 0 Å². The molecule has 0 spiro atoms.